The molecule has 1 amide bonds. The predicted octanol–water partition coefficient (Wildman–Crippen LogP) is 4.17. The first-order valence-electron chi connectivity index (χ1n) is 6.73. The summed E-state index contributed by atoms with van der Waals surface area (Å²) in [5.74, 6) is 1.09. The molecule has 0 spiro atoms. The number of rotatable bonds is 4. The molecule has 1 aromatic heterocycles. The molecule has 5 heteroatoms. The molecule has 0 atom stereocenters. The van der Waals surface area contributed by atoms with Crippen LogP contribution in [0.1, 0.15) is 9.67 Å². The van der Waals surface area contributed by atoms with E-state index in [1.807, 2.05) is 30.3 Å². The zero-order valence-corrected chi connectivity index (χ0v) is 13.1. The van der Waals surface area contributed by atoms with Gasteiger partial charge in [0, 0.05) is 10.8 Å². The molecule has 0 aliphatic carbocycles. The molecule has 4 nitrogen and oxygen atoms in total. The largest absolute Gasteiger partial charge is 0.497 e. The molecule has 112 valence electrons. The summed E-state index contributed by atoms with van der Waals surface area (Å²) in [5.41, 5.74) is 0.587. The van der Waals surface area contributed by atoms with E-state index in [-0.39, 0.29) is 5.91 Å². The van der Waals surface area contributed by atoms with Gasteiger partial charge in [0.15, 0.2) is 0 Å². The number of thiophene rings is 1. The van der Waals surface area contributed by atoms with Gasteiger partial charge in [-0.3, -0.25) is 4.79 Å². The molecule has 0 aliphatic rings. The van der Waals surface area contributed by atoms with Crippen LogP contribution in [0.15, 0.2) is 48.5 Å². The van der Waals surface area contributed by atoms with Gasteiger partial charge in [-0.05, 0) is 29.7 Å². The number of carbonyl (C=O) groups is 1. The number of benzene rings is 2. The lowest BCUT2D eigenvalue weighted by Crippen LogP contribution is -2.11. The zero-order valence-electron chi connectivity index (χ0n) is 12.3. The van der Waals surface area contributed by atoms with E-state index in [1.165, 1.54) is 11.3 Å². The van der Waals surface area contributed by atoms with Crippen molar-refractivity contribution in [3.05, 3.63) is 53.4 Å². The predicted molar refractivity (Wildman–Crippen MR) is 89.3 cm³/mol. The highest BCUT2D eigenvalue weighted by atomic mass is 32.1. The number of nitrogens with one attached hydrogen (secondary N) is 1. The summed E-state index contributed by atoms with van der Waals surface area (Å²) >= 11 is 1.46. The quantitative estimate of drug-likeness (QED) is 0.786. The first kappa shape index (κ1) is 14.4. The lowest BCUT2D eigenvalue weighted by Gasteiger charge is -2.11. The minimum absolute atomic E-state index is 0.159. The van der Waals surface area contributed by atoms with Gasteiger partial charge < -0.3 is 14.8 Å². The van der Waals surface area contributed by atoms with Crippen molar-refractivity contribution in [1.82, 2.24) is 0 Å². The van der Waals surface area contributed by atoms with Crippen LogP contribution in [0.5, 0.6) is 11.5 Å². The van der Waals surface area contributed by atoms with Crippen molar-refractivity contribution in [3.8, 4) is 11.5 Å². The van der Waals surface area contributed by atoms with Crippen LogP contribution in [0.3, 0.4) is 0 Å². The third-order valence-corrected chi connectivity index (χ3v) is 4.42. The molecule has 0 saturated heterocycles. The van der Waals surface area contributed by atoms with E-state index in [9.17, 15) is 4.79 Å². The fourth-order valence-electron chi connectivity index (χ4n) is 2.19. The van der Waals surface area contributed by atoms with E-state index in [0.29, 0.717) is 22.1 Å². The fourth-order valence-corrected chi connectivity index (χ4v) is 3.15. The summed E-state index contributed by atoms with van der Waals surface area (Å²) in [5, 5.41) is 3.94. The number of hydrogen-bond donors (Lipinski definition) is 1. The number of amides is 1. The van der Waals surface area contributed by atoms with E-state index in [2.05, 4.69) is 5.32 Å². The summed E-state index contributed by atoms with van der Waals surface area (Å²) in [4.78, 5) is 13.1. The number of methoxy groups -OCH3 is 2. The van der Waals surface area contributed by atoms with Gasteiger partial charge in [0.2, 0.25) is 0 Å². The smallest absolute Gasteiger partial charge is 0.265 e. The Hall–Kier alpha value is -2.53. The van der Waals surface area contributed by atoms with Crippen molar-refractivity contribution >= 4 is 33.0 Å². The Balaban J connectivity index is 1.90. The highest BCUT2D eigenvalue weighted by Crippen LogP contribution is 2.31. The standard InChI is InChI=1S/C17H15NO3S/c1-20-12-7-8-14(21-2)13(10-12)18-17(19)16-9-11-5-3-4-6-15(11)22-16/h3-10H,1-2H3,(H,18,19). The Morgan fingerprint density at radius 3 is 2.59 bits per heavy atom. The average Bonchev–Trinajstić information content (AvgIpc) is 2.99. The van der Waals surface area contributed by atoms with Gasteiger partial charge in [0.25, 0.3) is 5.91 Å². The second-order valence-electron chi connectivity index (χ2n) is 4.67. The minimum Gasteiger partial charge on any atom is -0.497 e. The fraction of sp³-hybridized carbons (Fsp3) is 0.118. The number of hydrogen-bond acceptors (Lipinski definition) is 4. The van der Waals surface area contributed by atoms with E-state index in [0.717, 1.165) is 10.1 Å². The third kappa shape index (κ3) is 2.76. The molecule has 0 aliphatic heterocycles. The van der Waals surface area contributed by atoms with Gasteiger partial charge in [-0.25, -0.2) is 0 Å². The van der Waals surface area contributed by atoms with Crippen molar-refractivity contribution in [3.63, 3.8) is 0 Å². The number of fused-ring (bicyclic) bond motifs is 1. The molecule has 0 fully saturated rings. The molecule has 3 rings (SSSR count). The van der Waals surface area contributed by atoms with Crippen molar-refractivity contribution in [2.75, 3.05) is 19.5 Å². The maximum atomic E-state index is 12.5. The third-order valence-electron chi connectivity index (χ3n) is 3.30. The normalized spacial score (nSPS) is 10.5. The van der Waals surface area contributed by atoms with Gasteiger partial charge in [-0.15, -0.1) is 11.3 Å². The van der Waals surface area contributed by atoms with Crippen LogP contribution < -0.4 is 14.8 Å². The molecule has 0 radical (unpaired) electrons. The van der Waals surface area contributed by atoms with Crippen LogP contribution in [0, 0.1) is 0 Å². The van der Waals surface area contributed by atoms with Crippen LogP contribution in [0.25, 0.3) is 10.1 Å². The number of carbonyl (C=O) groups excluding carboxylic acids is 1. The van der Waals surface area contributed by atoms with Crippen LogP contribution in [0.4, 0.5) is 5.69 Å². The van der Waals surface area contributed by atoms with Crippen LogP contribution in [-0.2, 0) is 0 Å². The molecule has 1 N–H and O–H groups in total. The van der Waals surface area contributed by atoms with Crippen LogP contribution in [0.2, 0.25) is 0 Å². The summed E-state index contributed by atoms with van der Waals surface area (Å²) in [6.07, 6.45) is 0. The highest BCUT2D eigenvalue weighted by Gasteiger charge is 2.13. The Kier molecular flexibility index (Phi) is 3.98. The van der Waals surface area contributed by atoms with Gasteiger partial charge in [0.05, 0.1) is 24.8 Å². The van der Waals surface area contributed by atoms with Crippen LogP contribution in [-0.4, -0.2) is 20.1 Å². The monoisotopic (exact) mass is 313 g/mol. The van der Waals surface area contributed by atoms with E-state index in [4.69, 9.17) is 9.47 Å². The van der Waals surface area contributed by atoms with Crippen molar-refractivity contribution in [2.24, 2.45) is 0 Å². The minimum atomic E-state index is -0.159. The summed E-state index contributed by atoms with van der Waals surface area (Å²) < 4.78 is 11.5. The Morgan fingerprint density at radius 2 is 1.86 bits per heavy atom. The Bertz CT molecular complexity index is 793. The maximum Gasteiger partial charge on any atom is 0.265 e. The van der Waals surface area contributed by atoms with E-state index in [1.54, 1.807) is 32.4 Å². The Labute approximate surface area is 132 Å². The Morgan fingerprint density at radius 1 is 1.05 bits per heavy atom. The molecule has 22 heavy (non-hydrogen) atoms. The van der Waals surface area contributed by atoms with Gasteiger partial charge >= 0.3 is 0 Å². The average molecular weight is 313 g/mol. The van der Waals surface area contributed by atoms with E-state index < -0.39 is 0 Å². The molecular formula is C17H15NO3S. The summed E-state index contributed by atoms with van der Waals surface area (Å²) in [7, 11) is 3.15. The zero-order chi connectivity index (χ0) is 15.5. The summed E-state index contributed by atoms with van der Waals surface area (Å²) in [6, 6.07) is 15.1. The van der Waals surface area contributed by atoms with Gasteiger partial charge in [-0.1, -0.05) is 18.2 Å². The molecule has 3 aromatic rings. The SMILES string of the molecule is COc1ccc(OC)c(NC(=O)c2cc3ccccc3s2)c1. The molecular weight excluding hydrogens is 298 g/mol. The van der Waals surface area contributed by atoms with Crippen molar-refractivity contribution < 1.29 is 14.3 Å². The second-order valence-corrected chi connectivity index (χ2v) is 5.75. The second kappa shape index (κ2) is 6.07. The molecule has 0 bridgehead atoms. The van der Waals surface area contributed by atoms with Crippen molar-refractivity contribution in [1.29, 1.82) is 0 Å². The lowest BCUT2D eigenvalue weighted by atomic mass is 10.2. The first-order valence-corrected chi connectivity index (χ1v) is 7.55. The lowest BCUT2D eigenvalue weighted by molar-refractivity contribution is 0.103. The van der Waals surface area contributed by atoms with Crippen molar-refractivity contribution in [2.45, 2.75) is 0 Å². The number of anilines is 1. The maximum absolute atomic E-state index is 12.5. The highest BCUT2D eigenvalue weighted by molar-refractivity contribution is 7.20. The van der Waals surface area contributed by atoms with E-state index >= 15 is 0 Å². The van der Waals surface area contributed by atoms with Gasteiger partial charge in [0.1, 0.15) is 11.5 Å². The van der Waals surface area contributed by atoms with Crippen LogP contribution >= 0.6 is 11.3 Å². The molecule has 1 heterocycles. The number of ether oxygens (including phenoxy) is 2. The molecule has 2 aromatic carbocycles. The van der Waals surface area contributed by atoms with Gasteiger partial charge in [-0.2, -0.15) is 0 Å². The molecule has 0 unspecified atom stereocenters. The summed E-state index contributed by atoms with van der Waals surface area (Å²) in [6.45, 7) is 0. The first-order chi connectivity index (χ1) is 10.7. The topological polar surface area (TPSA) is 47.6 Å². The molecule has 0 saturated carbocycles.